The normalized spacial score (nSPS) is 20.5. The van der Waals surface area contributed by atoms with Crippen LogP contribution in [0.15, 0.2) is 52.9 Å². The predicted molar refractivity (Wildman–Crippen MR) is 151 cm³/mol. The highest BCUT2D eigenvalue weighted by Crippen LogP contribution is 2.41. The van der Waals surface area contributed by atoms with Gasteiger partial charge in [-0.05, 0) is 61.1 Å². The Morgan fingerprint density at radius 1 is 0.857 bits per heavy atom. The summed E-state index contributed by atoms with van der Waals surface area (Å²) >= 11 is 0. The van der Waals surface area contributed by atoms with Gasteiger partial charge in [0.25, 0.3) is 11.8 Å². The van der Waals surface area contributed by atoms with Crippen LogP contribution in [0.1, 0.15) is 59.4 Å². The lowest BCUT2D eigenvalue weighted by Gasteiger charge is -2.39. The van der Waals surface area contributed by atoms with Crippen LogP contribution in [0.2, 0.25) is 0 Å². The number of carbonyl (C=O) groups is 3. The Balaban J connectivity index is 1.19. The van der Waals surface area contributed by atoms with Crippen LogP contribution in [-0.2, 0) is 9.53 Å². The molecule has 2 aliphatic carbocycles. The van der Waals surface area contributed by atoms with Crippen LogP contribution in [-0.4, -0.2) is 72.1 Å². The molecule has 3 aliphatic rings. The van der Waals surface area contributed by atoms with Crippen LogP contribution in [0.25, 0.3) is 22.1 Å². The highest BCUT2D eigenvalue weighted by atomic mass is 19.3. The third-order valence-electron chi connectivity index (χ3n) is 8.56. The lowest BCUT2D eigenvalue weighted by Crippen LogP contribution is -2.63. The summed E-state index contributed by atoms with van der Waals surface area (Å²) in [5, 5.41) is 13.8. The van der Waals surface area contributed by atoms with Gasteiger partial charge in [0.05, 0.1) is 18.8 Å². The zero-order chi connectivity index (χ0) is 29.5. The van der Waals surface area contributed by atoms with E-state index in [2.05, 4.69) is 10.6 Å². The van der Waals surface area contributed by atoms with E-state index in [0.717, 1.165) is 17.3 Å². The molecule has 2 aromatic carbocycles. The van der Waals surface area contributed by atoms with E-state index >= 15 is 0 Å². The van der Waals surface area contributed by atoms with Crippen molar-refractivity contribution >= 4 is 34.9 Å². The number of rotatable bonds is 7. The van der Waals surface area contributed by atoms with Gasteiger partial charge in [-0.3, -0.25) is 14.4 Å². The number of fused-ring (bicyclic) bond motifs is 1. The van der Waals surface area contributed by atoms with Crippen molar-refractivity contribution in [1.29, 1.82) is 5.41 Å². The second-order valence-electron chi connectivity index (χ2n) is 11.5. The zero-order valence-corrected chi connectivity index (χ0v) is 23.0. The maximum absolute atomic E-state index is 14.0. The summed E-state index contributed by atoms with van der Waals surface area (Å²) in [6.07, 6.45) is 0.851. The van der Waals surface area contributed by atoms with Crippen molar-refractivity contribution in [3.63, 3.8) is 0 Å². The number of alkyl halides is 2. The molecule has 0 spiro atoms. The lowest BCUT2D eigenvalue weighted by molar-refractivity contribution is -0.133. The Bertz CT molecular complexity index is 1530. The summed E-state index contributed by atoms with van der Waals surface area (Å²) in [4.78, 5) is 41.2. The summed E-state index contributed by atoms with van der Waals surface area (Å²) in [7, 11) is 0. The lowest BCUT2D eigenvalue weighted by atomic mass is 9.78. The quantitative estimate of drug-likeness (QED) is 0.355. The number of furan rings is 1. The van der Waals surface area contributed by atoms with Gasteiger partial charge < -0.3 is 30.1 Å². The number of nitrogens with one attached hydrogen (secondary N) is 3. The number of amides is 3. The molecule has 6 rings (SSSR count). The van der Waals surface area contributed by atoms with E-state index in [-0.39, 0.29) is 24.5 Å². The molecule has 42 heavy (non-hydrogen) atoms. The van der Waals surface area contributed by atoms with Gasteiger partial charge >= 0.3 is 0 Å². The molecule has 0 unspecified atom stereocenters. The molecule has 9 nitrogen and oxygen atoms in total. The average Bonchev–Trinajstić information content (AvgIpc) is 3.65. The van der Waals surface area contributed by atoms with Gasteiger partial charge in [-0.2, -0.15) is 0 Å². The van der Waals surface area contributed by atoms with E-state index in [9.17, 15) is 23.2 Å². The van der Waals surface area contributed by atoms with E-state index in [1.807, 2.05) is 24.3 Å². The van der Waals surface area contributed by atoms with Gasteiger partial charge in [-0.25, -0.2) is 8.78 Å². The van der Waals surface area contributed by atoms with Gasteiger partial charge in [0, 0.05) is 43.1 Å². The minimum absolute atomic E-state index is 0.0358. The van der Waals surface area contributed by atoms with E-state index in [1.54, 1.807) is 29.2 Å². The van der Waals surface area contributed by atoms with Crippen LogP contribution >= 0.6 is 0 Å². The Morgan fingerprint density at radius 2 is 1.52 bits per heavy atom. The van der Waals surface area contributed by atoms with E-state index in [1.165, 1.54) is 0 Å². The van der Waals surface area contributed by atoms with Gasteiger partial charge in [-0.15, -0.1) is 0 Å². The van der Waals surface area contributed by atoms with Crippen molar-refractivity contribution in [2.45, 2.75) is 55.5 Å². The third kappa shape index (κ3) is 5.53. The molecular weight excluding hydrogens is 546 g/mol. The summed E-state index contributed by atoms with van der Waals surface area (Å²) in [5.41, 5.74) is 0.420. The van der Waals surface area contributed by atoms with Crippen LogP contribution in [0.3, 0.4) is 0 Å². The first-order valence-electron chi connectivity index (χ1n) is 14.2. The molecule has 2 heterocycles. The number of hydrogen-bond donors (Lipinski definition) is 3. The van der Waals surface area contributed by atoms with E-state index in [4.69, 9.17) is 14.6 Å². The Morgan fingerprint density at radius 3 is 2.17 bits per heavy atom. The molecule has 3 amide bonds. The Kier molecular flexibility index (Phi) is 7.08. The third-order valence-corrected chi connectivity index (χ3v) is 8.56. The summed E-state index contributed by atoms with van der Waals surface area (Å²) in [6.45, 7) is 2.19. The fourth-order valence-corrected chi connectivity index (χ4v) is 5.59. The standard InChI is InChI=1S/C31H32F2N4O5/c32-31(33)11-9-30(10-12-31,28(40)36-29(19-34)7-8-29)35-26(38)25-18-23-6-5-22(17-24(23)42-25)20-1-3-21(4-2-20)27(39)37-13-15-41-16-14-37/h1-6,17-19,34H,7-16H2,(H,35,38)(H,36,40). The maximum Gasteiger partial charge on any atom is 0.287 e. The topological polar surface area (TPSA) is 125 Å². The van der Waals surface area contributed by atoms with Crippen LogP contribution in [0.5, 0.6) is 0 Å². The molecule has 11 heteroatoms. The minimum atomic E-state index is -2.91. The fraction of sp³-hybridized carbons (Fsp3) is 0.419. The van der Waals surface area contributed by atoms with Gasteiger partial charge in [-0.1, -0.05) is 24.3 Å². The highest BCUT2D eigenvalue weighted by Gasteiger charge is 2.52. The van der Waals surface area contributed by atoms with Gasteiger partial charge in [0.15, 0.2) is 5.76 Å². The molecular formula is C31H32F2N4O5. The maximum atomic E-state index is 14.0. The van der Waals surface area contributed by atoms with Crippen molar-refractivity contribution in [3.8, 4) is 11.1 Å². The molecule has 220 valence electrons. The first-order chi connectivity index (χ1) is 20.1. The first kappa shape index (κ1) is 28.0. The van der Waals surface area contributed by atoms with Crippen LogP contribution in [0.4, 0.5) is 8.78 Å². The minimum Gasteiger partial charge on any atom is -0.451 e. The summed E-state index contributed by atoms with van der Waals surface area (Å²) in [5.74, 6) is -4.21. The number of halogens is 2. The first-order valence-corrected chi connectivity index (χ1v) is 14.2. The largest absolute Gasteiger partial charge is 0.451 e. The molecule has 0 bridgehead atoms. The number of morpholine rings is 1. The van der Waals surface area contributed by atoms with Crippen LogP contribution < -0.4 is 10.6 Å². The fourth-order valence-electron chi connectivity index (χ4n) is 5.59. The Hall–Kier alpha value is -4.12. The van der Waals surface area contributed by atoms with Crippen molar-refractivity contribution in [1.82, 2.24) is 15.5 Å². The van der Waals surface area contributed by atoms with Crippen molar-refractivity contribution in [3.05, 3.63) is 59.9 Å². The number of carbonyl (C=O) groups excluding carboxylic acids is 3. The monoisotopic (exact) mass is 578 g/mol. The van der Waals surface area contributed by atoms with E-state index < -0.39 is 41.7 Å². The van der Waals surface area contributed by atoms with Crippen molar-refractivity contribution in [2.24, 2.45) is 0 Å². The SMILES string of the molecule is N=CC1(NC(=O)C2(NC(=O)c3cc4ccc(-c5ccc(C(=O)N6CCOCC6)cc5)cc4o3)CCC(F)(F)CC2)CC1. The average molecular weight is 579 g/mol. The van der Waals surface area contributed by atoms with Gasteiger partial charge in [0.2, 0.25) is 11.8 Å². The number of hydrogen-bond acceptors (Lipinski definition) is 6. The molecule has 3 N–H and O–H groups in total. The van der Waals surface area contributed by atoms with Gasteiger partial charge in [0.1, 0.15) is 11.1 Å². The predicted octanol–water partition coefficient (Wildman–Crippen LogP) is 4.55. The molecule has 1 aromatic heterocycles. The molecule has 3 aromatic rings. The molecule has 0 radical (unpaired) electrons. The molecule has 1 saturated heterocycles. The highest BCUT2D eigenvalue weighted by molar-refractivity contribution is 6.01. The summed E-state index contributed by atoms with van der Waals surface area (Å²) < 4.78 is 39.3. The molecule has 0 atom stereocenters. The smallest absolute Gasteiger partial charge is 0.287 e. The number of nitrogens with zero attached hydrogens (tertiary/aromatic N) is 1. The number of benzene rings is 2. The van der Waals surface area contributed by atoms with Crippen LogP contribution in [0, 0.1) is 5.41 Å². The van der Waals surface area contributed by atoms with Crippen molar-refractivity contribution < 1.29 is 32.3 Å². The van der Waals surface area contributed by atoms with E-state index in [0.29, 0.717) is 55.7 Å². The second kappa shape index (κ2) is 10.6. The molecule has 2 saturated carbocycles. The zero-order valence-electron chi connectivity index (χ0n) is 23.0. The molecule has 1 aliphatic heterocycles. The van der Waals surface area contributed by atoms with Crippen molar-refractivity contribution in [2.75, 3.05) is 26.3 Å². The number of ether oxygens (including phenoxy) is 1. The summed E-state index contributed by atoms with van der Waals surface area (Å²) in [6, 6.07) is 14.3. The molecule has 3 fully saturated rings. The Labute approximate surface area is 241 Å². The second-order valence-corrected chi connectivity index (χ2v) is 11.5.